The number of carbonyl (C=O) groups is 1. The van der Waals surface area contributed by atoms with Crippen molar-refractivity contribution in [3.63, 3.8) is 0 Å². The van der Waals surface area contributed by atoms with Crippen LogP contribution in [0.2, 0.25) is 0 Å². The third-order valence-electron chi connectivity index (χ3n) is 7.78. The normalized spacial score (nSPS) is 31.7. The summed E-state index contributed by atoms with van der Waals surface area (Å²) in [6.45, 7) is 7.42. The van der Waals surface area contributed by atoms with Crippen molar-refractivity contribution in [2.45, 2.75) is 64.1 Å². The second-order valence-corrected chi connectivity index (χ2v) is 9.76. The Morgan fingerprint density at radius 2 is 2.06 bits per heavy atom. The summed E-state index contributed by atoms with van der Waals surface area (Å²) in [6, 6.07) is 11.2. The van der Waals surface area contributed by atoms with Gasteiger partial charge >= 0.3 is 0 Å². The molecule has 0 radical (unpaired) electrons. The van der Waals surface area contributed by atoms with E-state index < -0.39 is 0 Å². The van der Waals surface area contributed by atoms with Gasteiger partial charge in [0.05, 0.1) is 18.1 Å². The summed E-state index contributed by atoms with van der Waals surface area (Å²) in [5, 5.41) is 3.83. The van der Waals surface area contributed by atoms with E-state index in [4.69, 9.17) is 9.47 Å². The van der Waals surface area contributed by atoms with Crippen LogP contribution in [0.4, 0.5) is 0 Å². The number of amides is 1. The van der Waals surface area contributed by atoms with E-state index in [9.17, 15) is 4.79 Å². The van der Waals surface area contributed by atoms with Gasteiger partial charge in [-0.25, -0.2) is 0 Å². The molecule has 0 spiro atoms. The Kier molecular flexibility index (Phi) is 7.15. The van der Waals surface area contributed by atoms with Crippen LogP contribution in [0.25, 0.3) is 5.57 Å². The van der Waals surface area contributed by atoms with E-state index in [2.05, 4.69) is 60.5 Å². The highest BCUT2D eigenvalue weighted by molar-refractivity contribution is 5.84. The lowest BCUT2D eigenvalue weighted by molar-refractivity contribution is -0.144. The molecular formula is C26H38N2O3. The van der Waals surface area contributed by atoms with Crippen LogP contribution < -0.4 is 5.32 Å². The third kappa shape index (κ3) is 4.74. The molecule has 4 atom stereocenters. The molecule has 2 heterocycles. The van der Waals surface area contributed by atoms with Gasteiger partial charge in [0.2, 0.25) is 5.91 Å². The zero-order chi connectivity index (χ0) is 21.8. The summed E-state index contributed by atoms with van der Waals surface area (Å²) in [6.07, 6.45) is 7.19. The highest BCUT2D eigenvalue weighted by Gasteiger charge is 2.49. The molecule has 1 saturated heterocycles. The summed E-state index contributed by atoms with van der Waals surface area (Å²) in [7, 11) is 1.76. The maximum absolute atomic E-state index is 13.8. The molecule has 5 nitrogen and oxygen atoms in total. The molecule has 2 unspecified atom stereocenters. The number of ether oxygens (including phenoxy) is 2. The number of methoxy groups -OCH3 is 1. The van der Waals surface area contributed by atoms with Crippen LogP contribution in [0.1, 0.15) is 51.5 Å². The van der Waals surface area contributed by atoms with E-state index in [0.29, 0.717) is 30.5 Å². The molecule has 3 aliphatic rings. The average Bonchev–Trinajstić information content (AvgIpc) is 3.25. The van der Waals surface area contributed by atoms with Gasteiger partial charge in [-0.3, -0.25) is 4.79 Å². The summed E-state index contributed by atoms with van der Waals surface area (Å²) in [5.74, 6) is 0.685. The number of carbonyl (C=O) groups excluding carboxylic acids is 1. The van der Waals surface area contributed by atoms with Crippen molar-refractivity contribution in [2.75, 3.05) is 33.4 Å². The fourth-order valence-electron chi connectivity index (χ4n) is 5.70. The first kappa shape index (κ1) is 22.5. The molecule has 1 saturated carbocycles. The van der Waals surface area contributed by atoms with Crippen LogP contribution in [-0.2, 0) is 14.3 Å². The van der Waals surface area contributed by atoms with Gasteiger partial charge in [-0.1, -0.05) is 50.3 Å². The average molecular weight is 427 g/mol. The number of nitrogens with zero attached hydrogens (tertiary/aromatic N) is 1. The minimum Gasteiger partial charge on any atom is -0.379 e. The van der Waals surface area contributed by atoms with Gasteiger partial charge in [0.1, 0.15) is 0 Å². The molecule has 1 N–H and O–H groups in total. The molecule has 1 aromatic carbocycles. The van der Waals surface area contributed by atoms with E-state index in [-0.39, 0.29) is 11.5 Å². The molecule has 5 heteroatoms. The highest BCUT2D eigenvalue weighted by atomic mass is 16.5. The lowest BCUT2D eigenvalue weighted by atomic mass is 9.74. The predicted octanol–water partition coefficient (Wildman–Crippen LogP) is 3.89. The highest BCUT2D eigenvalue weighted by Crippen LogP contribution is 2.46. The molecule has 0 aromatic heterocycles. The second-order valence-electron chi connectivity index (χ2n) is 9.76. The first-order valence-electron chi connectivity index (χ1n) is 11.9. The van der Waals surface area contributed by atoms with Gasteiger partial charge in [0.25, 0.3) is 0 Å². The van der Waals surface area contributed by atoms with Crippen LogP contribution >= 0.6 is 0 Å². The van der Waals surface area contributed by atoms with Crippen molar-refractivity contribution >= 4 is 11.5 Å². The van der Waals surface area contributed by atoms with Crippen molar-refractivity contribution in [1.29, 1.82) is 0 Å². The van der Waals surface area contributed by atoms with Gasteiger partial charge < -0.3 is 19.7 Å². The minimum atomic E-state index is -0.260. The summed E-state index contributed by atoms with van der Waals surface area (Å²) < 4.78 is 11.2. The summed E-state index contributed by atoms with van der Waals surface area (Å²) >= 11 is 0. The fourth-order valence-corrected chi connectivity index (χ4v) is 5.70. The number of hydrogen-bond acceptors (Lipinski definition) is 4. The van der Waals surface area contributed by atoms with Crippen molar-refractivity contribution < 1.29 is 14.3 Å². The zero-order valence-corrected chi connectivity index (χ0v) is 19.3. The van der Waals surface area contributed by atoms with Crippen LogP contribution in [-0.4, -0.2) is 62.4 Å². The Balaban J connectivity index is 1.41. The molecule has 4 rings (SSSR count). The van der Waals surface area contributed by atoms with Crippen molar-refractivity contribution in [3.05, 3.63) is 42.0 Å². The Bertz CT molecular complexity index is 778. The first-order valence-corrected chi connectivity index (χ1v) is 11.9. The Morgan fingerprint density at radius 1 is 1.26 bits per heavy atom. The van der Waals surface area contributed by atoms with E-state index in [1.54, 1.807) is 7.11 Å². The lowest BCUT2D eigenvalue weighted by Gasteiger charge is -2.39. The van der Waals surface area contributed by atoms with Gasteiger partial charge in [-0.2, -0.15) is 0 Å². The van der Waals surface area contributed by atoms with Crippen molar-refractivity contribution in [3.8, 4) is 0 Å². The Hall–Kier alpha value is -1.69. The van der Waals surface area contributed by atoms with Crippen LogP contribution in [0.5, 0.6) is 0 Å². The molecule has 31 heavy (non-hydrogen) atoms. The lowest BCUT2D eigenvalue weighted by Crippen LogP contribution is -2.52. The molecule has 170 valence electrons. The third-order valence-corrected chi connectivity index (χ3v) is 7.78. The maximum atomic E-state index is 13.8. The number of benzene rings is 1. The van der Waals surface area contributed by atoms with E-state index in [0.717, 1.165) is 51.8 Å². The molecule has 1 amide bonds. The Labute approximate surface area is 187 Å². The minimum absolute atomic E-state index is 0.0992. The zero-order valence-electron chi connectivity index (χ0n) is 19.3. The molecule has 2 aliphatic heterocycles. The smallest absolute Gasteiger partial charge is 0.229 e. The number of hydrogen-bond donors (Lipinski definition) is 1. The molecule has 0 bridgehead atoms. The topological polar surface area (TPSA) is 50.8 Å². The standard InChI is InChI=1S/C26H38N2O3/c1-19(2)26(13-9-22(17-26)27-23-12-16-31-18-24(23)30-3)25(29)28-14-10-21(11-15-28)20-7-5-4-6-8-20/h4-8,10,19,22-24,27H,9,11-18H2,1-3H3/t22-,23?,24?,26+/m1/s1. The quantitative estimate of drug-likeness (QED) is 0.750. The van der Waals surface area contributed by atoms with E-state index in [1.165, 1.54) is 11.1 Å². The van der Waals surface area contributed by atoms with Crippen LogP contribution in [0.3, 0.4) is 0 Å². The molecule has 2 fully saturated rings. The SMILES string of the molecule is COC1COCCC1N[C@@H]1CC[C@@](C(=O)N2CC=C(c3ccccc3)CC2)(C(C)C)C1. The summed E-state index contributed by atoms with van der Waals surface area (Å²) in [4.78, 5) is 15.9. The predicted molar refractivity (Wildman–Crippen MR) is 124 cm³/mol. The summed E-state index contributed by atoms with van der Waals surface area (Å²) in [5.41, 5.74) is 2.38. The van der Waals surface area contributed by atoms with Gasteiger partial charge in [0, 0.05) is 38.9 Å². The first-order chi connectivity index (χ1) is 15.0. The molecule has 1 aromatic rings. The largest absolute Gasteiger partial charge is 0.379 e. The molecular weight excluding hydrogens is 388 g/mol. The van der Waals surface area contributed by atoms with Crippen LogP contribution in [0, 0.1) is 11.3 Å². The van der Waals surface area contributed by atoms with Gasteiger partial charge in [0.15, 0.2) is 0 Å². The van der Waals surface area contributed by atoms with Crippen molar-refractivity contribution in [1.82, 2.24) is 10.2 Å². The van der Waals surface area contributed by atoms with Gasteiger partial charge in [-0.15, -0.1) is 0 Å². The van der Waals surface area contributed by atoms with Crippen LogP contribution in [0.15, 0.2) is 36.4 Å². The van der Waals surface area contributed by atoms with E-state index in [1.807, 2.05) is 0 Å². The second kappa shape index (κ2) is 9.85. The van der Waals surface area contributed by atoms with E-state index >= 15 is 0 Å². The Morgan fingerprint density at radius 3 is 2.74 bits per heavy atom. The number of rotatable bonds is 6. The van der Waals surface area contributed by atoms with Gasteiger partial charge in [-0.05, 0) is 49.2 Å². The number of nitrogens with one attached hydrogen (secondary N) is 1. The fraction of sp³-hybridized carbons (Fsp3) is 0.654. The molecule has 1 aliphatic carbocycles. The monoisotopic (exact) mass is 426 g/mol. The van der Waals surface area contributed by atoms with Crippen molar-refractivity contribution in [2.24, 2.45) is 11.3 Å². The maximum Gasteiger partial charge on any atom is 0.229 e.